The molecule has 0 bridgehead atoms. The summed E-state index contributed by atoms with van der Waals surface area (Å²) >= 11 is 7.96. The summed E-state index contributed by atoms with van der Waals surface area (Å²) in [5.41, 5.74) is 3.09. The molecule has 5 rings (SSSR count). The van der Waals surface area contributed by atoms with Crippen molar-refractivity contribution in [1.82, 2.24) is 24.9 Å². The zero-order valence-corrected chi connectivity index (χ0v) is 22.2. The van der Waals surface area contributed by atoms with Crippen LogP contribution in [0.5, 0.6) is 0 Å². The van der Waals surface area contributed by atoms with Crippen molar-refractivity contribution in [2.45, 2.75) is 76.6 Å². The van der Waals surface area contributed by atoms with Crippen LogP contribution in [-0.2, 0) is 22.5 Å². The maximum atomic E-state index is 11.1. The van der Waals surface area contributed by atoms with Gasteiger partial charge >= 0.3 is 5.97 Å². The van der Waals surface area contributed by atoms with Gasteiger partial charge in [0.1, 0.15) is 18.3 Å². The summed E-state index contributed by atoms with van der Waals surface area (Å²) < 4.78 is 7.63. The fourth-order valence-corrected chi connectivity index (χ4v) is 6.63. The number of hydrogen-bond donors (Lipinski definition) is 1. The van der Waals surface area contributed by atoms with Crippen molar-refractivity contribution in [2.75, 3.05) is 13.2 Å². The van der Waals surface area contributed by atoms with Gasteiger partial charge in [-0.25, -0.2) is 9.67 Å². The number of carboxylic acid groups (broad SMARTS) is 1. The van der Waals surface area contributed by atoms with E-state index in [0.29, 0.717) is 24.3 Å². The third kappa shape index (κ3) is 5.80. The standard InChI is InChI=1S/C26H32ClN5O3S/c1-16-17(2)36-26(28-16)19-5-9-21(10-6-19)32-13-24(23-12-31(30-29-23)14-25(33)34)35-15-22(32)11-18-3-7-20(27)8-4-18/h3-4,7-8,12,19,21-22,24H,5-6,9-11,13-15H2,1-2H3,(H,33,34)/t19?,21?,22-,24+/m0/s1. The molecule has 36 heavy (non-hydrogen) atoms. The predicted molar refractivity (Wildman–Crippen MR) is 139 cm³/mol. The molecule has 10 heteroatoms. The summed E-state index contributed by atoms with van der Waals surface area (Å²) in [6.45, 7) is 5.36. The van der Waals surface area contributed by atoms with Crippen molar-refractivity contribution in [3.8, 4) is 0 Å². The van der Waals surface area contributed by atoms with Crippen LogP contribution >= 0.6 is 22.9 Å². The Morgan fingerprint density at radius 3 is 2.61 bits per heavy atom. The zero-order valence-electron chi connectivity index (χ0n) is 20.6. The number of aryl methyl sites for hydroxylation is 2. The number of carboxylic acids is 1. The highest BCUT2D eigenvalue weighted by Gasteiger charge is 2.37. The highest BCUT2D eigenvalue weighted by molar-refractivity contribution is 7.11. The number of aliphatic carboxylic acids is 1. The quantitative estimate of drug-likeness (QED) is 0.470. The van der Waals surface area contributed by atoms with E-state index in [-0.39, 0.29) is 18.7 Å². The van der Waals surface area contributed by atoms with Gasteiger partial charge in [-0.2, -0.15) is 0 Å². The van der Waals surface area contributed by atoms with Crippen LogP contribution in [0.25, 0.3) is 0 Å². The molecule has 1 saturated carbocycles. The van der Waals surface area contributed by atoms with Gasteiger partial charge in [-0.05, 0) is 63.6 Å². The first-order valence-electron chi connectivity index (χ1n) is 12.5. The van der Waals surface area contributed by atoms with Gasteiger partial charge in [0.15, 0.2) is 0 Å². The number of aromatic nitrogens is 4. The molecule has 1 aliphatic carbocycles. The zero-order chi connectivity index (χ0) is 25.2. The maximum Gasteiger partial charge on any atom is 0.325 e. The second-order valence-electron chi connectivity index (χ2n) is 9.94. The lowest BCUT2D eigenvalue weighted by Gasteiger charge is -2.46. The number of hydrogen-bond acceptors (Lipinski definition) is 7. The minimum atomic E-state index is -0.942. The molecule has 8 nitrogen and oxygen atoms in total. The molecule has 2 aliphatic rings. The average Bonchev–Trinajstić information content (AvgIpc) is 3.46. The largest absolute Gasteiger partial charge is 0.480 e. The minimum absolute atomic E-state index is 0.206. The van der Waals surface area contributed by atoms with Crippen LogP contribution in [0.1, 0.15) is 64.5 Å². The van der Waals surface area contributed by atoms with Crippen LogP contribution in [0.2, 0.25) is 5.02 Å². The summed E-state index contributed by atoms with van der Waals surface area (Å²) in [4.78, 5) is 19.8. The fourth-order valence-electron chi connectivity index (χ4n) is 5.41. The van der Waals surface area contributed by atoms with Gasteiger partial charge < -0.3 is 9.84 Å². The number of morpholine rings is 1. The smallest absolute Gasteiger partial charge is 0.325 e. The Labute approximate surface area is 220 Å². The Morgan fingerprint density at radius 2 is 1.94 bits per heavy atom. The van der Waals surface area contributed by atoms with Crippen molar-refractivity contribution < 1.29 is 14.6 Å². The molecular formula is C26H32ClN5O3S. The number of benzene rings is 1. The van der Waals surface area contributed by atoms with Gasteiger partial charge in [-0.15, -0.1) is 16.4 Å². The lowest BCUT2D eigenvalue weighted by molar-refractivity contribution is -0.137. The summed E-state index contributed by atoms with van der Waals surface area (Å²) in [6.07, 6.45) is 6.88. The predicted octanol–water partition coefficient (Wildman–Crippen LogP) is 4.80. The van der Waals surface area contributed by atoms with Crippen LogP contribution in [0.15, 0.2) is 30.5 Å². The monoisotopic (exact) mass is 529 g/mol. The van der Waals surface area contributed by atoms with E-state index in [1.165, 1.54) is 20.1 Å². The van der Waals surface area contributed by atoms with Crippen LogP contribution in [0.4, 0.5) is 0 Å². The molecule has 1 aromatic carbocycles. The Balaban J connectivity index is 1.31. The van der Waals surface area contributed by atoms with E-state index in [9.17, 15) is 4.79 Å². The van der Waals surface area contributed by atoms with Crippen molar-refractivity contribution in [3.63, 3.8) is 0 Å². The average molecular weight is 530 g/mol. The molecule has 0 radical (unpaired) electrons. The molecule has 192 valence electrons. The summed E-state index contributed by atoms with van der Waals surface area (Å²) in [5.74, 6) is -0.399. The molecule has 2 fully saturated rings. The highest BCUT2D eigenvalue weighted by atomic mass is 35.5. The van der Waals surface area contributed by atoms with Crippen LogP contribution in [0, 0.1) is 13.8 Å². The number of rotatable bonds is 7. The molecule has 3 heterocycles. The van der Waals surface area contributed by atoms with Crippen LogP contribution in [-0.4, -0.2) is 61.2 Å². The van der Waals surface area contributed by atoms with Crippen molar-refractivity contribution in [1.29, 1.82) is 0 Å². The molecule has 2 aromatic heterocycles. The van der Waals surface area contributed by atoms with Gasteiger partial charge in [-0.3, -0.25) is 9.69 Å². The molecule has 1 aliphatic heterocycles. The Bertz CT molecular complexity index is 1170. The van der Waals surface area contributed by atoms with Crippen molar-refractivity contribution in [2.24, 2.45) is 0 Å². The summed E-state index contributed by atoms with van der Waals surface area (Å²) in [5, 5.41) is 19.3. The highest BCUT2D eigenvalue weighted by Crippen LogP contribution is 2.39. The second kappa shape index (κ2) is 11.0. The Hall–Kier alpha value is -2.33. The number of ether oxygens (including phenoxy) is 1. The third-order valence-electron chi connectivity index (χ3n) is 7.46. The Morgan fingerprint density at radius 1 is 1.19 bits per heavy atom. The molecule has 0 unspecified atom stereocenters. The van der Waals surface area contributed by atoms with Gasteiger partial charge in [0.05, 0.1) is 23.5 Å². The SMILES string of the molecule is Cc1nc(C2CCC(N3C[C@H](c4cn(CC(=O)O)nn4)OC[C@@H]3Cc3ccc(Cl)cc3)CC2)sc1C. The first-order chi connectivity index (χ1) is 17.4. The third-order valence-corrected chi connectivity index (χ3v) is 8.95. The lowest BCUT2D eigenvalue weighted by atomic mass is 9.84. The van der Waals surface area contributed by atoms with E-state index < -0.39 is 5.97 Å². The van der Waals surface area contributed by atoms with E-state index in [0.717, 1.165) is 49.4 Å². The molecule has 1 saturated heterocycles. The van der Waals surface area contributed by atoms with E-state index in [1.807, 2.05) is 23.5 Å². The molecule has 1 N–H and O–H groups in total. The molecule has 3 aromatic rings. The van der Waals surface area contributed by atoms with Gasteiger partial charge in [0, 0.05) is 34.4 Å². The summed E-state index contributed by atoms with van der Waals surface area (Å²) in [6, 6.07) is 8.78. The first-order valence-corrected chi connectivity index (χ1v) is 13.7. The second-order valence-corrected chi connectivity index (χ2v) is 11.6. The van der Waals surface area contributed by atoms with Crippen LogP contribution < -0.4 is 0 Å². The molecule has 0 amide bonds. The maximum absolute atomic E-state index is 11.1. The number of carbonyl (C=O) groups is 1. The number of thiazole rings is 1. The van der Waals surface area contributed by atoms with E-state index in [4.69, 9.17) is 26.4 Å². The van der Waals surface area contributed by atoms with Crippen molar-refractivity contribution in [3.05, 3.63) is 62.3 Å². The van der Waals surface area contributed by atoms with E-state index in [2.05, 4.69) is 41.2 Å². The normalized spacial score (nSPS) is 25.2. The minimum Gasteiger partial charge on any atom is -0.480 e. The fraction of sp³-hybridized carbons (Fsp3) is 0.538. The summed E-state index contributed by atoms with van der Waals surface area (Å²) in [7, 11) is 0. The van der Waals surface area contributed by atoms with Gasteiger partial charge in [0.2, 0.25) is 0 Å². The number of halogens is 1. The lowest BCUT2D eigenvalue weighted by Crippen LogP contribution is -2.53. The Kier molecular flexibility index (Phi) is 7.71. The van der Waals surface area contributed by atoms with E-state index >= 15 is 0 Å². The molecule has 2 atom stereocenters. The topological polar surface area (TPSA) is 93.4 Å². The molecule has 0 spiro atoms. The van der Waals surface area contributed by atoms with Crippen LogP contribution in [0.3, 0.4) is 0 Å². The van der Waals surface area contributed by atoms with Gasteiger partial charge in [0.25, 0.3) is 0 Å². The number of nitrogens with zero attached hydrogens (tertiary/aromatic N) is 5. The van der Waals surface area contributed by atoms with Crippen molar-refractivity contribution >= 4 is 28.9 Å². The molecular weight excluding hydrogens is 498 g/mol. The van der Waals surface area contributed by atoms with E-state index in [1.54, 1.807) is 6.20 Å². The van der Waals surface area contributed by atoms with Gasteiger partial charge in [-0.1, -0.05) is 28.9 Å². The first kappa shape index (κ1) is 25.3.